The highest BCUT2D eigenvalue weighted by atomic mass is 19.1. The maximum Gasteiger partial charge on any atom is 0.311 e. The third-order valence-electron chi connectivity index (χ3n) is 5.93. The summed E-state index contributed by atoms with van der Waals surface area (Å²) in [5.41, 5.74) is 1.26. The van der Waals surface area contributed by atoms with Crippen molar-refractivity contribution in [2.45, 2.75) is 32.9 Å². The molecule has 0 bridgehead atoms. The van der Waals surface area contributed by atoms with E-state index < -0.39 is 29.3 Å². The number of ether oxygens (including phenoxy) is 2. The SMILES string of the molecule is COc1cc(OCC(=O)N(Cc2ccc(F)cc2)[C@H](Cc2ccccc2)C(=O)NCC(C)C)ccc1[N+](=O)[O-]. The molecule has 3 rings (SSSR count). The first-order valence-corrected chi connectivity index (χ1v) is 12.5. The predicted molar refractivity (Wildman–Crippen MR) is 144 cm³/mol. The molecule has 0 unspecified atom stereocenters. The molecule has 0 heterocycles. The average molecular weight is 538 g/mol. The molecule has 0 fully saturated rings. The number of nitro benzene ring substituents is 1. The second-order valence-corrected chi connectivity index (χ2v) is 9.37. The van der Waals surface area contributed by atoms with Crippen LogP contribution in [0.5, 0.6) is 11.5 Å². The van der Waals surface area contributed by atoms with Crippen molar-refractivity contribution in [3.8, 4) is 11.5 Å². The van der Waals surface area contributed by atoms with E-state index in [0.29, 0.717) is 12.1 Å². The van der Waals surface area contributed by atoms with Crippen molar-refractivity contribution in [2.75, 3.05) is 20.3 Å². The lowest BCUT2D eigenvalue weighted by Crippen LogP contribution is -2.52. The van der Waals surface area contributed by atoms with Crippen molar-refractivity contribution < 1.29 is 28.4 Å². The molecular formula is C29H32FN3O6. The van der Waals surface area contributed by atoms with Crippen LogP contribution in [0.1, 0.15) is 25.0 Å². The van der Waals surface area contributed by atoms with E-state index in [0.717, 1.165) is 5.56 Å². The van der Waals surface area contributed by atoms with Gasteiger partial charge in [0, 0.05) is 31.6 Å². The lowest BCUT2D eigenvalue weighted by molar-refractivity contribution is -0.385. The van der Waals surface area contributed by atoms with Crippen molar-refractivity contribution in [3.63, 3.8) is 0 Å². The highest BCUT2D eigenvalue weighted by Crippen LogP contribution is 2.30. The summed E-state index contributed by atoms with van der Waals surface area (Å²) in [6.07, 6.45) is 0.253. The summed E-state index contributed by atoms with van der Waals surface area (Å²) in [4.78, 5) is 39.0. The van der Waals surface area contributed by atoms with Gasteiger partial charge in [-0.15, -0.1) is 0 Å². The van der Waals surface area contributed by atoms with Gasteiger partial charge in [-0.3, -0.25) is 19.7 Å². The quantitative estimate of drug-likeness (QED) is 0.253. The number of carbonyl (C=O) groups is 2. The van der Waals surface area contributed by atoms with Crippen LogP contribution in [0, 0.1) is 21.8 Å². The largest absolute Gasteiger partial charge is 0.490 e. The maximum atomic E-state index is 13.6. The molecule has 0 aliphatic heterocycles. The lowest BCUT2D eigenvalue weighted by atomic mass is 10.0. The first-order chi connectivity index (χ1) is 18.7. The van der Waals surface area contributed by atoms with Crippen LogP contribution in [-0.2, 0) is 22.6 Å². The molecule has 0 aliphatic rings. The van der Waals surface area contributed by atoms with Crippen LogP contribution in [0.3, 0.4) is 0 Å². The van der Waals surface area contributed by atoms with E-state index in [1.807, 2.05) is 44.2 Å². The first kappa shape index (κ1) is 29.1. The molecule has 10 heteroatoms. The first-order valence-electron chi connectivity index (χ1n) is 12.5. The average Bonchev–Trinajstić information content (AvgIpc) is 2.93. The van der Waals surface area contributed by atoms with Crippen LogP contribution in [0.15, 0.2) is 72.8 Å². The summed E-state index contributed by atoms with van der Waals surface area (Å²) in [6.45, 7) is 3.98. The summed E-state index contributed by atoms with van der Waals surface area (Å²) in [7, 11) is 1.30. The normalized spacial score (nSPS) is 11.5. The number of rotatable bonds is 13. The van der Waals surface area contributed by atoms with Crippen molar-refractivity contribution in [2.24, 2.45) is 5.92 Å². The maximum absolute atomic E-state index is 13.6. The zero-order valence-electron chi connectivity index (χ0n) is 22.1. The Bertz CT molecular complexity index is 1270. The second-order valence-electron chi connectivity index (χ2n) is 9.37. The van der Waals surface area contributed by atoms with Gasteiger partial charge in [-0.2, -0.15) is 0 Å². The van der Waals surface area contributed by atoms with Gasteiger partial charge in [0.1, 0.15) is 17.6 Å². The van der Waals surface area contributed by atoms with Crippen LogP contribution in [0.25, 0.3) is 0 Å². The second kappa shape index (κ2) is 13.9. The third-order valence-corrected chi connectivity index (χ3v) is 5.93. The summed E-state index contributed by atoms with van der Waals surface area (Å²) >= 11 is 0. The summed E-state index contributed by atoms with van der Waals surface area (Å²) < 4.78 is 24.3. The molecule has 0 spiro atoms. The van der Waals surface area contributed by atoms with Crippen molar-refractivity contribution in [1.82, 2.24) is 10.2 Å². The molecule has 1 N–H and O–H groups in total. The smallest absolute Gasteiger partial charge is 0.311 e. The number of methoxy groups -OCH3 is 1. The number of hydrogen-bond donors (Lipinski definition) is 1. The molecule has 3 aromatic carbocycles. The fraction of sp³-hybridized carbons (Fsp3) is 0.310. The van der Waals surface area contributed by atoms with Crippen molar-refractivity contribution in [1.29, 1.82) is 0 Å². The molecular weight excluding hydrogens is 505 g/mol. The Morgan fingerprint density at radius 2 is 1.72 bits per heavy atom. The predicted octanol–water partition coefficient (Wildman–Crippen LogP) is 4.53. The van der Waals surface area contributed by atoms with E-state index in [1.54, 1.807) is 12.1 Å². The van der Waals surface area contributed by atoms with Gasteiger partial charge in [0.05, 0.1) is 12.0 Å². The van der Waals surface area contributed by atoms with Crippen LogP contribution >= 0.6 is 0 Å². The van der Waals surface area contributed by atoms with Gasteiger partial charge in [0.15, 0.2) is 6.61 Å². The van der Waals surface area contributed by atoms with Gasteiger partial charge in [-0.05, 0) is 35.2 Å². The molecule has 0 radical (unpaired) electrons. The molecule has 0 saturated carbocycles. The highest BCUT2D eigenvalue weighted by molar-refractivity contribution is 5.88. The van der Waals surface area contributed by atoms with Gasteiger partial charge in [-0.1, -0.05) is 56.3 Å². The zero-order valence-corrected chi connectivity index (χ0v) is 22.1. The Hall–Kier alpha value is -4.47. The van der Waals surface area contributed by atoms with Gasteiger partial charge in [0.25, 0.3) is 5.91 Å². The standard InChI is InChI=1S/C29H32FN3O6/c1-20(2)17-31-29(35)26(15-21-7-5-4-6-8-21)32(18-22-9-11-23(30)12-10-22)28(34)19-39-24-13-14-25(33(36)37)27(16-24)38-3/h4-14,16,20,26H,15,17-19H2,1-3H3,(H,31,35)/t26-/m1/s1. The number of hydrogen-bond acceptors (Lipinski definition) is 6. The Morgan fingerprint density at radius 3 is 2.33 bits per heavy atom. The fourth-order valence-electron chi connectivity index (χ4n) is 3.89. The number of nitrogens with one attached hydrogen (secondary N) is 1. The summed E-state index contributed by atoms with van der Waals surface area (Å²) in [5.74, 6) is -0.840. The lowest BCUT2D eigenvalue weighted by Gasteiger charge is -2.31. The van der Waals surface area contributed by atoms with Crippen LogP contribution in [0.2, 0.25) is 0 Å². The Labute approximate surface area is 226 Å². The van der Waals surface area contributed by atoms with Gasteiger partial charge >= 0.3 is 5.69 Å². The van der Waals surface area contributed by atoms with Crippen LogP contribution in [0.4, 0.5) is 10.1 Å². The monoisotopic (exact) mass is 537 g/mol. The van der Waals surface area contributed by atoms with E-state index in [-0.39, 0.29) is 42.0 Å². The van der Waals surface area contributed by atoms with E-state index in [1.165, 1.54) is 42.3 Å². The summed E-state index contributed by atoms with van der Waals surface area (Å²) in [5, 5.41) is 14.1. The topological polar surface area (TPSA) is 111 Å². The number of amides is 2. The van der Waals surface area contributed by atoms with Gasteiger partial charge in [-0.25, -0.2) is 4.39 Å². The third kappa shape index (κ3) is 8.53. The Morgan fingerprint density at radius 1 is 1.03 bits per heavy atom. The Kier molecular flexibility index (Phi) is 10.4. The number of nitro groups is 1. The van der Waals surface area contributed by atoms with Gasteiger partial charge < -0.3 is 19.7 Å². The minimum atomic E-state index is -0.876. The molecule has 9 nitrogen and oxygen atoms in total. The molecule has 39 heavy (non-hydrogen) atoms. The molecule has 0 aliphatic carbocycles. The number of carbonyl (C=O) groups excluding carboxylic acids is 2. The van der Waals surface area contributed by atoms with Crippen LogP contribution < -0.4 is 14.8 Å². The van der Waals surface area contributed by atoms with E-state index in [4.69, 9.17) is 9.47 Å². The van der Waals surface area contributed by atoms with E-state index in [9.17, 15) is 24.1 Å². The number of nitrogens with zero attached hydrogens (tertiary/aromatic N) is 2. The van der Waals surface area contributed by atoms with Gasteiger partial charge in [0.2, 0.25) is 11.7 Å². The zero-order chi connectivity index (χ0) is 28.4. The molecule has 2 amide bonds. The van der Waals surface area contributed by atoms with Crippen molar-refractivity contribution >= 4 is 17.5 Å². The molecule has 0 aromatic heterocycles. The minimum Gasteiger partial charge on any atom is -0.490 e. The van der Waals surface area contributed by atoms with E-state index >= 15 is 0 Å². The fourth-order valence-corrected chi connectivity index (χ4v) is 3.89. The number of halogens is 1. The van der Waals surface area contributed by atoms with E-state index in [2.05, 4.69) is 5.32 Å². The number of benzene rings is 3. The minimum absolute atomic E-state index is 0.0110. The highest BCUT2D eigenvalue weighted by Gasteiger charge is 2.31. The Balaban J connectivity index is 1.90. The summed E-state index contributed by atoms with van der Waals surface area (Å²) in [6, 6.07) is 18.1. The molecule has 1 atom stereocenters. The molecule has 206 valence electrons. The molecule has 3 aromatic rings. The van der Waals surface area contributed by atoms with Crippen molar-refractivity contribution in [3.05, 3.63) is 99.9 Å². The molecule has 0 saturated heterocycles. The van der Waals surface area contributed by atoms with Crippen LogP contribution in [-0.4, -0.2) is 47.9 Å².